The van der Waals surface area contributed by atoms with E-state index >= 15 is 0 Å². The smallest absolute Gasteiger partial charge is 0.408 e. The minimum Gasteiger partial charge on any atom is -0.408 e. The molecule has 0 fully saturated rings. The Morgan fingerprint density at radius 1 is 1.47 bits per heavy atom. The molecule has 1 amide bonds. The van der Waals surface area contributed by atoms with Crippen LogP contribution in [0.2, 0.25) is 0 Å². The zero-order chi connectivity index (χ0) is 11.0. The lowest BCUT2D eigenvalue weighted by Crippen LogP contribution is -2.22. The van der Waals surface area contributed by atoms with Gasteiger partial charge in [0.25, 0.3) is 0 Å². The van der Waals surface area contributed by atoms with Gasteiger partial charge in [-0.3, -0.25) is 9.78 Å². The van der Waals surface area contributed by atoms with Crippen LogP contribution in [-0.2, 0) is 4.79 Å². The van der Waals surface area contributed by atoms with E-state index in [9.17, 15) is 9.59 Å². The van der Waals surface area contributed by atoms with Crippen molar-refractivity contribution in [2.75, 3.05) is 11.9 Å². The van der Waals surface area contributed by atoms with E-state index in [1.54, 1.807) is 25.2 Å². The van der Waals surface area contributed by atoms with Crippen LogP contribution in [-0.4, -0.2) is 17.9 Å². The van der Waals surface area contributed by atoms with E-state index < -0.39 is 5.76 Å². The highest BCUT2D eigenvalue weighted by molar-refractivity contribution is 5.92. The zero-order valence-electron chi connectivity index (χ0n) is 8.40. The van der Waals surface area contributed by atoms with Crippen molar-refractivity contribution in [2.45, 2.75) is 6.92 Å². The summed E-state index contributed by atoms with van der Waals surface area (Å²) in [6, 6.07) is 5.10. The van der Waals surface area contributed by atoms with Crippen molar-refractivity contribution < 1.29 is 9.21 Å². The van der Waals surface area contributed by atoms with Gasteiger partial charge in [0.1, 0.15) is 0 Å². The predicted molar refractivity (Wildman–Crippen MR) is 55.9 cm³/mol. The number of carbonyl (C=O) groups excluding carboxylic acids is 1. The third-order valence-electron chi connectivity index (χ3n) is 2.26. The fraction of sp³-hybridized carbons (Fsp3) is 0.200. The Morgan fingerprint density at radius 2 is 2.20 bits per heavy atom. The number of hydrogen-bond donors (Lipinski definition) is 1. The molecule has 0 saturated heterocycles. The lowest BCUT2D eigenvalue weighted by Gasteiger charge is -2.13. The van der Waals surface area contributed by atoms with Gasteiger partial charge in [-0.05, 0) is 12.1 Å². The Balaban J connectivity index is 2.55. The van der Waals surface area contributed by atoms with Crippen LogP contribution in [0.4, 0.5) is 5.69 Å². The maximum absolute atomic E-state index is 11.1. The molecule has 78 valence electrons. The van der Waals surface area contributed by atoms with Crippen molar-refractivity contribution in [1.82, 2.24) is 4.98 Å². The van der Waals surface area contributed by atoms with Gasteiger partial charge in [-0.2, -0.15) is 0 Å². The van der Waals surface area contributed by atoms with Crippen LogP contribution in [0.15, 0.2) is 27.4 Å². The van der Waals surface area contributed by atoms with Crippen LogP contribution in [0.5, 0.6) is 0 Å². The minimum atomic E-state index is -0.493. The van der Waals surface area contributed by atoms with Crippen LogP contribution in [0, 0.1) is 0 Å². The Hall–Kier alpha value is -2.04. The second kappa shape index (κ2) is 3.27. The summed E-state index contributed by atoms with van der Waals surface area (Å²) < 4.78 is 4.89. The highest BCUT2D eigenvalue weighted by atomic mass is 16.4. The van der Waals surface area contributed by atoms with E-state index in [1.807, 2.05) is 0 Å². The summed E-state index contributed by atoms with van der Waals surface area (Å²) in [4.78, 5) is 26.0. The van der Waals surface area contributed by atoms with Crippen LogP contribution in [0.3, 0.4) is 0 Å². The molecule has 0 aliphatic carbocycles. The quantitative estimate of drug-likeness (QED) is 0.759. The monoisotopic (exact) mass is 206 g/mol. The number of nitrogens with one attached hydrogen (secondary N) is 1. The first-order valence-electron chi connectivity index (χ1n) is 4.45. The molecular formula is C10H10N2O3. The molecule has 0 saturated carbocycles. The number of nitrogens with zero attached hydrogens (tertiary/aromatic N) is 1. The van der Waals surface area contributed by atoms with Gasteiger partial charge in [-0.25, -0.2) is 4.79 Å². The number of aromatic nitrogens is 1. The topological polar surface area (TPSA) is 66.3 Å². The molecule has 5 heteroatoms. The van der Waals surface area contributed by atoms with Gasteiger partial charge in [0, 0.05) is 25.7 Å². The molecule has 2 rings (SSSR count). The molecule has 1 N–H and O–H groups in total. The van der Waals surface area contributed by atoms with Gasteiger partial charge < -0.3 is 9.32 Å². The molecule has 0 radical (unpaired) electrons. The number of amides is 1. The van der Waals surface area contributed by atoms with Gasteiger partial charge >= 0.3 is 5.76 Å². The van der Waals surface area contributed by atoms with E-state index in [0.717, 1.165) is 0 Å². The third-order valence-corrected chi connectivity index (χ3v) is 2.26. The van der Waals surface area contributed by atoms with Gasteiger partial charge in [0.15, 0.2) is 5.58 Å². The standard InChI is InChI=1S/C10H10N2O3/c1-6(13)12(2)7-3-4-8-9(5-7)15-10(14)11-8/h3-5H,1-2H3,(H,11,14). The number of oxazole rings is 1. The Bertz CT molecular complexity index is 567. The number of benzene rings is 1. The maximum atomic E-state index is 11.1. The number of anilines is 1. The van der Waals surface area contributed by atoms with E-state index in [-0.39, 0.29) is 5.91 Å². The first-order chi connectivity index (χ1) is 7.08. The summed E-state index contributed by atoms with van der Waals surface area (Å²) in [5.74, 6) is -0.570. The average Bonchev–Trinajstić information content (AvgIpc) is 2.55. The summed E-state index contributed by atoms with van der Waals surface area (Å²) in [7, 11) is 1.66. The van der Waals surface area contributed by atoms with E-state index in [4.69, 9.17) is 4.42 Å². The summed E-state index contributed by atoms with van der Waals surface area (Å²) in [5.41, 5.74) is 1.77. The predicted octanol–water partition coefficient (Wildman–Crippen LogP) is 1.10. The SMILES string of the molecule is CC(=O)N(C)c1ccc2[nH]c(=O)oc2c1. The molecule has 0 atom stereocenters. The van der Waals surface area contributed by atoms with Gasteiger partial charge in [0.2, 0.25) is 5.91 Å². The lowest BCUT2D eigenvalue weighted by atomic mass is 10.2. The van der Waals surface area contributed by atoms with Crippen LogP contribution < -0.4 is 10.7 Å². The first kappa shape index (κ1) is 9.51. The highest BCUT2D eigenvalue weighted by Crippen LogP contribution is 2.19. The molecule has 1 aromatic heterocycles. The third kappa shape index (κ3) is 1.63. The van der Waals surface area contributed by atoms with Crippen LogP contribution >= 0.6 is 0 Å². The second-order valence-electron chi connectivity index (χ2n) is 3.27. The number of carbonyl (C=O) groups is 1. The molecule has 2 aromatic rings. The first-order valence-corrected chi connectivity index (χ1v) is 4.45. The Labute approximate surface area is 85.3 Å². The van der Waals surface area contributed by atoms with Gasteiger partial charge in [-0.15, -0.1) is 0 Å². The number of H-pyrrole nitrogens is 1. The second-order valence-corrected chi connectivity index (χ2v) is 3.27. The molecule has 5 nitrogen and oxygen atoms in total. The molecule has 0 unspecified atom stereocenters. The fourth-order valence-electron chi connectivity index (χ4n) is 1.32. The van der Waals surface area contributed by atoms with E-state index in [2.05, 4.69) is 4.98 Å². The lowest BCUT2D eigenvalue weighted by molar-refractivity contribution is -0.116. The van der Waals surface area contributed by atoms with Crippen molar-refractivity contribution in [2.24, 2.45) is 0 Å². The zero-order valence-corrected chi connectivity index (χ0v) is 8.40. The maximum Gasteiger partial charge on any atom is 0.417 e. The molecule has 1 aromatic carbocycles. The van der Waals surface area contributed by atoms with E-state index in [1.165, 1.54) is 11.8 Å². The molecule has 0 spiro atoms. The van der Waals surface area contributed by atoms with Gasteiger partial charge in [-0.1, -0.05) is 0 Å². The van der Waals surface area contributed by atoms with Crippen molar-refractivity contribution in [3.63, 3.8) is 0 Å². The van der Waals surface area contributed by atoms with Crippen LogP contribution in [0.1, 0.15) is 6.92 Å². The minimum absolute atomic E-state index is 0.0766. The van der Waals surface area contributed by atoms with E-state index in [0.29, 0.717) is 16.8 Å². The summed E-state index contributed by atoms with van der Waals surface area (Å²) in [6.07, 6.45) is 0. The molecule has 0 aliphatic rings. The molecular weight excluding hydrogens is 196 g/mol. The summed E-state index contributed by atoms with van der Waals surface area (Å²) >= 11 is 0. The largest absolute Gasteiger partial charge is 0.417 e. The summed E-state index contributed by atoms with van der Waals surface area (Å²) in [6.45, 7) is 1.47. The molecule has 15 heavy (non-hydrogen) atoms. The molecule has 1 heterocycles. The van der Waals surface area contributed by atoms with Crippen molar-refractivity contribution in [1.29, 1.82) is 0 Å². The number of rotatable bonds is 1. The number of fused-ring (bicyclic) bond motifs is 1. The Morgan fingerprint density at radius 3 is 2.87 bits per heavy atom. The van der Waals surface area contributed by atoms with Gasteiger partial charge in [0.05, 0.1) is 5.52 Å². The molecule has 0 aliphatic heterocycles. The summed E-state index contributed by atoms with van der Waals surface area (Å²) in [5, 5.41) is 0. The number of aromatic amines is 1. The van der Waals surface area contributed by atoms with Crippen molar-refractivity contribution in [3.05, 3.63) is 28.7 Å². The number of hydrogen-bond acceptors (Lipinski definition) is 3. The Kier molecular flexibility index (Phi) is 2.07. The van der Waals surface area contributed by atoms with Crippen molar-refractivity contribution in [3.8, 4) is 0 Å². The van der Waals surface area contributed by atoms with Crippen LogP contribution in [0.25, 0.3) is 11.1 Å². The fourth-order valence-corrected chi connectivity index (χ4v) is 1.32. The average molecular weight is 206 g/mol. The highest BCUT2D eigenvalue weighted by Gasteiger charge is 2.08. The van der Waals surface area contributed by atoms with Crippen molar-refractivity contribution >= 4 is 22.7 Å². The normalized spacial score (nSPS) is 10.5. The molecule has 0 bridgehead atoms.